The molecule has 7 nitrogen and oxygen atoms in total. The first kappa shape index (κ1) is 15.8. The molecule has 2 aromatic carbocycles. The number of sulfonamides is 1. The summed E-state index contributed by atoms with van der Waals surface area (Å²) in [5.74, 6) is 0.396. The summed E-state index contributed by atoms with van der Waals surface area (Å²) in [6, 6.07) is 10.7. The highest BCUT2D eigenvalue weighted by molar-refractivity contribution is 7.89. The van der Waals surface area contributed by atoms with Gasteiger partial charge >= 0.3 is 0 Å². The first-order chi connectivity index (χ1) is 10.4. The molecule has 0 atom stereocenters. The third-order valence-corrected chi connectivity index (χ3v) is 3.72. The summed E-state index contributed by atoms with van der Waals surface area (Å²) in [5.41, 5.74) is 4.09. The van der Waals surface area contributed by atoms with Crippen LogP contribution in [-0.2, 0) is 10.0 Å². The lowest BCUT2D eigenvalue weighted by molar-refractivity contribution is 0.373. The lowest BCUT2D eigenvalue weighted by atomic mass is 10.2. The quantitative estimate of drug-likeness (QED) is 0.570. The van der Waals surface area contributed by atoms with Crippen LogP contribution in [0.4, 0.5) is 5.69 Å². The highest BCUT2D eigenvalue weighted by Gasteiger charge is 2.06. The third-order valence-electron chi connectivity index (χ3n) is 2.79. The number of anilines is 1. The Balaban J connectivity index is 2.06. The first-order valence-electron chi connectivity index (χ1n) is 6.19. The predicted octanol–water partition coefficient (Wildman–Crippen LogP) is 1.49. The van der Waals surface area contributed by atoms with Crippen LogP contribution in [0.15, 0.2) is 52.5 Å². The van der Waals surface area contributed by atoms with Crippen molar-refractivity contribution in [3.8, 4) is 11.5 Å². The van der Waals surface area contributed by atoms with E-state index < -0.39 is 10.0 Å². The van der Waals surface area contributed by atoms with Gasteiger partial charge < -0.3 is 9.84 Å². The van der Waals surface area contributed by atoms with Crippen LogP contribution < -0.4 is 15.3 Å². The number of hydrazone groups is 1. The topological polar surface area (TPSA) is 114 Å². The van der Waals surface area contributed by atoms with E-state index in [1.165, 1.54) is 31.5 Å². The Morgan fingerprint density at radius 2 is 1.91 bits per heavy atom. The van der Waals surface area contributed by atoms with Gasteiger partial charge in [0.25, 0.3) is 0 Å². The standard InChI is InChI=1S/C14H15N3O4S/c1-21-14-8-10(2-7-13(14)18)9-16-17-11-3-5-12(6-4-11)22(15,19)20/h2-9,17-18H,1H3,(H2,15,19,20). The fraction of sp³-hybridized carbons (Fsp3) is 0.0714. The Labute approximate surface area is 128 Å². The molecule has 22 heavy (non-hydrogen) atoms. The molecule has 2 aromatic rings. The summed E-state index contributed by atoms with van der Waals surface area (Å²) in [6.07, 6.45) is 1.54. The normalized spacial score (nSPS) is 11.5. The SMILES string of the molecule is COc1cc(C=NNc2ccc(S(N)(=O)=O)cc2)ccc1O. The van der Waals surface area contributed by atoms with E-state index in [2.05, 4.69) is 10.5 Å². The molecule has 0 heterocycles. The Morgan fingerprint density at radius 3 is 2.50 bits per heavy atom. The fourth-order valence-corrected chi connectivity index (χ4v) is 2.19. The lowest BCUT2D eigenvalue weighted by Gasteiger charge is -2.04. The molecule has 4 N–H and O–H groups in total. The number of hydrogen-bond acceptors (Lipinski definition) is 6. The van der Waals surface area contributed by atoms with E-state index >= 15 is 0 Å². The molecule has 0 radical (unpaired) electrons. The number of primary sulfonamides is 1. The highest BCUT2D eigenvalue weighted by Crippen LogP contribution is 2.25. The van der Waals surface area contributed by atoms with Crippen LogP contribution in [0.2, 0.25) is 0 Å². The first-order valence-corrected chi connectivity index (χ1v) is 7.74. The average Bonchev–Trinajstić information content (AvgIpc) is 2.48. The van der Waals surface area contributed by atoms with Gasteiger partial charge in [-0.3, -0.25) is 5.43 Å². The molecule has 0 aliphatic heterocycles. The highest BCUT2D eigenvalue weighted by atomic mass is 32.2. The minimum absolute atomic E-state index is 0.0327. The summed E-state index contributed by atoms with van der Waals surface area (Å²) in [4.78, 5) is 0.0327. The van der Waals surface area contributed by atoms with Crippen molar-refractivity contribution in [2.45, 2.75) is 4.90 Å². The predicted molar refractivity (Wildman–Crippen MR) is 83.7 cm³/mol. The van der Waals surface area contributed by atoms with Gasteiger partial charge in [-0.05, 0) is 48.0 Å². The van der Waals surface area contributed by atoms with Gasteiger partial charge in [0.2, 0.25) is 10.0 Å². The van der Waals surface area contributed by atoms with Crippen LogP contribution in [0.3, 0.4) is 0 Å². The number of phenolic OH excluding ortho intramolecular Hbond substituents is 1. The summed E-state index contributed by atoms with van der Waals surface area (Å²) in [6.45, 7) is 0. The maximum atomic E-state index is 11.1. The van der Waals surface area contributed by atoms with E-state index in [4.69, 9.17) is 9.88 Å². The van der Waals surface area contributed by atoms with E-state index in [-0.39, 0.29) is 10.6 Å². The number of aromatic hydroxyl groups is 1. The van der Waals surface area contributed by atoms with Crippen molar-refractivity contribution in [1.29, 1.82) is 0 Å². The van der Waals surface area contributed by atoms with Gasteiger partial charge in [0.1, 0.15) is 0 Å². The van der Waals surface area contributed by atoms with E-state index in [9.17, 15) is 13.5 Å². The summed E-state index contributed by atoms with van der Waals surface area (Å²) in [7, 11) is -2.24. The molecule has 8 heteroatoms. The lowest BCUT2D eigenvalue weighted by Crippen LogP contribution is -2.11. The number of hydrogen-bond donors (Lipinski definition) is 3. The molecular weight excluding hydrogens is 306 g/mol. The maximum Gasteiger partial charge on any atom is 0.238 e. The molecule has 0 spiro atoms. The number of rotatable bonds is 5. The van der Waals surface area contributed by atoms with Gasteiger partial charge in [-0.1, -0.05) is 0 Å². The number of methoxy groups -OCH3 is 1. The van der Waals surface area contributed by atoms with Gasteiger partial charge in [-0.25, -0.2) is 13.6 Å². The number of nitrogens with zero attached hydrogens (tertiary/aromatic N) is 1. The number of ether oxygens (including phenoxy) is 1. The van der Waals surface area contributed by atoms with Crippen LogP contribution in [0.1, 0.15) is 5.56 Å². The second-order valence-corrected chi connectivity index (χ2v) is 5.93. The Bertz CT molecular complexity index is 786. The fourth-order valence-electron chi connectivity index (χ4n) is 1.68. The number of phenols is 1. The summed E-state index contributed by atoms with van der Waals surface area (Å²) < 4.78 is 27.2. The zero-order chi connectivity index (χ0) is 16.2. The van der Waals surface area contributed by atoms with Crippen LogP contribution in [-0.4, -0.2) is 26.8 Å². The van der Waals surface area contributed by atoms with Gasteiger partial charge in [-0.15, -0.1) is 0 Å². The van der Waals surface area contributed by atoms with Gasteiger partial charge in [0.15, 0.2) is 11.5 Å². The molecular formula is C14H15N3O4S. The van der Waals surface area contributed by atoms with Gasteiger partial charge in [0.05, 0.1) is 23.9 Å². The Hall–Kier alpha value is -2.58. The molecule has 116 valence electrons. The molecule has 0 fully saturated rings. The smallest absolute Gasteiger partial charge is 0.238 e. The minimum Gasteiger partial charge on any atom is -0.504 e. The van der Waals surface area contributed by atoms with E-state index in [1.54, 1.807) is 24.3 Å². The maximum absolute atomic E-state index is 11.1. The Kier molecular flexibility index (Phi) is 4.64. The molecule has 0 saturated heterocycles. The van der Waals surface area contributed by atoms with Crippen molar-refractivity contribution in [3.63, 3.8) is 0 Å². The van der Waals surface area contributed by atoms with E-state index in [0.29, 0.717) is 11.4 Å². The second-order valence-electron chi connectivity index (χ2n) is 4.37. The molecule has 0 amide bonds. The summed E-state index contributed by atoms with van der Waals surface area (Å²) >= 11 is 0. The van der Waals surface area contributed by atoms with Gasteiger partial charge in [0, 0.05) is 0 Å². The molecule has 2 rings (SSSR count). The number of nitrogens with two attached hydrogens (primary N) is 1. The molecule has 0 aliphatic carbocycles. The van der Waals surface area contributed by atoms with Crippen molar-refractivity contribution in [2.24, 2.45) is 10.2 Å². The van der Waals surface area contributed by atoms with E-state index in [1.807, 2.05) is 0 Å². The monoisotopic (exact) mass is 321 g/mol. The van der Waals surface area contributed by atoms with Crippen molar-refractivity contribution >= 4 is 21.9 Å². The van der Waals surface area contributed by atoms with E-state index in [0.717, 1.165) is 5.56 Å². The number of benzene rings is 2. The zero-order valence-corrected chi connectivity index (χ0v) is 12.5. The molecule has 0 unspecified atom stereocenters. The van der Waals surface area contributed by atoms with Crippen LogP contribution in [0, 0.1) is 0 Å². The van der Waals surface area contributed by atoms with Crippen LogP contribution in [0.5, 0.6) is 11.5 Å². The Morgan fingerprint density at radius 1 is 1.23 bits per heavy atom. The second kappa shape index (κ2) is 6.46. The zero-order valence-electron chi connectivity index (χ0n) is 11.7. The van der Waals surface area contributed by atoms with Crippen LogP contribution in [0.25, 0.3) is 0 Å². The van der Waals surface area contributed by atoms with Crippen molar-refractivity contribution in [3.05, 3.63) is 48.0 Å². The number of nitrogens with one attached hydrogen (secondary N) is 1. The molecule has 0 saturated carbocycles. The summed E-state index contributed by atoms with van der Waals surface area (Å²) in [5, 5.41) is 18.5. The average molecular weight is 321 g/mol. The van der Waals surface area contributed by atoms with Crippen LogP contribution >= 0.6 is 0 Å². The van der Waals surface area contributed by atoms with Gasteiger partial charge in [-0.2, -0.15) is 5.10 Å². The molecule has 0 aliphatic rings. The van der Waals surface area contributed by atoms with Crippen molar-refractivity contribution in [1.82, 2.24) is 0 Å². The molecule has 0 bridgehead atoms. The molecule has 0 aromatic heterocycles. The minimum atomic E-state index is -3.70. The van der Waals surface area contributed by atoms with Crippen molar-refractivity contribution in [2.75, 3.05) is 12.5 Å². The third kappa shape index (κ3) is 3.96. The van der Waals surface area contributed by atoms with Crippen molar-refractivity contribution < 1.29 is 18.3 Å². The largest absolute Gasteiger partial charge is 0.504 e.